The normalized spacial score (nSPS) is 24.5. The smallest absolute Gasteiger partial charge is 0.429 e. The predicted octanol–water partition coefficient (Wildman–Crippen LogP) is 8.21. The van der Waals surface area contributed by atoms with Gasteiger partial charge in [-0.25, -0.2) is 8.78 Å². The molecule has 190 valence electrons. The molecule has 2 nitrogen and oxygen atoms in total. The van der Waals surface area contributed by atoms with Crippen LogP contribution in [0.1, 0.15) is 70.8 Å². The molecule has 2 fully saturated rings. The zero-order valence-corrected chi connectivity index (χ0v) is 20.1. The fraction of sp³-hybridized carbons (Fsp3) is 0.536. The molecule has 7 heteroatoms. The van der Waals surface area contributed by atoms with Crippen molar-refractivity contribution < 1.29 is 31.5 Å². The van der Waals surface area contributed by atoms with Crippen molar-refractivity contribution >= 4 is 17.2 Å². The quantitative estimate of drug-likeness (QED) is 0.244. The highest BCUT2D eigenvalue weighted by atomic mass is 19.4. The van der Waals surface area contributed by atoms with Crippen LogP contribution in [-0.2, 0) is 4.79 Å². The lowest BCUT2D eigenvalue weighted by Crippen LogP contribution is -2.24. The Bertz CT molecular complexity index is 1050. The van der Waals surface area contributed by atoms with Crippen LogP contribution < -0.4 is 4.74 Å². The number of carbonyl (C=O) groups excluding carboxylic acids is 1. The van der Waals surface area contributed by atoms with E-state index in [-0.39, 0.29) is 23.0 Å². The number of carbonyl (C=O) groups is 1. The van der Waals surface area contributed by atoms with Gasteiger partial charge < -0.3 is 4.74 Å². The lowest BCUT2D eigenvalue weighted by atomic mass is 9.70. The average molecular weight is 495 g/mol. The zero-order chi connectivity index (χ0) is 25.6. The Morgan fingerprint density at radius 3 is 1.91 bits per heavy atom. The third kappa shape index (κ3) is 7.68. The van der Waals surface area contributed by atoms with E-state index < -0.39 is 23.4 Å². The summed E-state index contributed by atoms with van der Waals surface area (Å²) in [6.45, 7) is 5.00. The minimum absolute atomic E-state index is 0.0295. The molecular weight excluding hydrogens is 463 g/mol. The van der Waals surface area contributed by atoms with Crippen LogP contribution in [0.5, 0.6) is 5.75 Å². The van der Waals surface area contributed by atoms with Crippen LogP contribution in [-0.4, -0.2) is 12.6 Å². The van der Waals surface area contributed by atoms with Crippen molar-refractivity contribution in [2.75, 3.05) is 0 Å². The summed E-state index contributed by atoms with van der Waals surface area (Å²) in [5.41, 5.74) is -0.969. The van der Waals surface area contributed by atoms with Crippen molar-refractivity contribution in [1.82, 2.24) is 0 Å². The second kappa shape index (κ2) is 11.9. The van der Waals surface area contributed by atoms with Crippen molar-refractivity contribution in [3.63, 3.8) is 0 Å². The molecule has 0 radical (unpaired) electrons. The van der Waals surface area contributed by atoms with Gasteiger partial charge in [0.05, 0.1) is 5.56 Å². The molecule has 0 aliphatic heterocycles. The molecule has 0 unspecified atom stereocenters. The number of hydrogen-bond donors (Lipinski definition) is 0. The minimum atomic E-state index is -4.85. The number of halogens is 5. The first-order valence-electron chi connectivity index (χ1n) is 12.2. The maximum Gasteiger partial charge on any atom is 0.458 e. The summed E-state index contributed by atoms with van der Waals surface area (Å²) in [7, 11) is 0. The van der Waals surface area contributed by atoms with Crippen LogP contribution >= 0.6 is 0 Å². The molecule has 0 bridgehead atoms. The van der Waals surface area contributed by atoms with E-state index in [0.29, 0.717) is 0 Å². The molecule has 2 aromatic rings. The van der Waals surface area contributed by atoms with Gasteiger partial charge in [0.15, 0.2) is 0 Å². The van der Waals surface area contributed by atoms with Crippen molar-refractivity contribution in [2.45, 2.75) is 71.4 Å². The van der Waals surface area contributed by atoms with Gasteiger partial charge >= 0.3 is 6.18 Å². The lowest BCUT2D eigenvalue weighted by Gasteiger charge is -2.36. The van der Waals surface area contributed by atoms with Gasteiger partial charge in [0.25, 0.3) is 6.47 Å². The standard InChI is InChI=1S/C14H5F5O2.C14H26/c15-12-6-8-5-9(21-7-20)1-2-10(8)13(16)11(12)3-4-14(17,18)19;1-11-3-7-13(8-4-11)14-9-5-12(2)6-10-14/h1-2,5-7H;11-14H,3-10H2,1-2H3. The first-order chi connectivity index (χ1) is 16.6. The highest BCUT2D eigenvalue weighted by Gasteiger charge is 2.28. The van der Waals surface area contributed by atoms with Gasteiger partial charge in [0, 0.05) is 11.3 Å². The van der Waals surface area contributed by atoms with Gasteiger partial charge in [-0.2, -0.15) is 13.2 Å². The molecule has 2 saturated carbocycles. The lowest BCUT2D eigenvalue weighted by molar-refractivity contribution is -0.120. The summed E-state index contributed by atoms with van der Waals surface area (Å²) in [6, 6.07) is 4.37. The Hall–Kier alpha value is -2.62. The molecule has 0 saturated heterocycles. The van der Waals surface area contributed by atoms with Crippen molar-refractivity contribution in [2.24, 2.45) is 23.7 Å². The molecule has 0 atom stereocenters. The van der Waals surface area contributed by atoms with E-state index in [1.165, 1.54) is 43.7 Å². The molecule has 2 aromatic carbocycles. The SMILES string of the molecule is CC1CCC(C2CCC(C)CC2)CC1.O=COc1ccc2c(F)c(C#CC(F)(F)F)c(F)cc2c1. The highest BCUT2D eigenvalue weighted by Crippen LogP contribution is 2.41. The second-order valence-electron chi connectivity index (χ2n) is 9.93. The van der Waals surface area contributed by atoms with Crippen LogP contribution in [0.25, 0.3) is 10.8 Å². The fourth-order valence-corrected chi connectivity index (χ4v) is 5.20. The van der Waals surface area contributed by atoms with Crippen LogP contribution in [0.15, 0.2) is 24.3 Å². The maximum absolute atomic E-state index is 14.0. The molecule has 4 rings (SSSR count). The topological polar surface area (TPSA) is 26.3 Å². The molecular formula is C28H31F5O2. The first kappa shape index (κ1) is 27.0. The van der Waals surface area contributed by atoms with Crippen LogP contribution in [0.3, 0.4) is 0 Å². The van der Waals surface area contributed by atoms with Crippen LogP contribution in [0.2, 0.25) is 0 Å². The predicted molar refractivity (Wildman–Crippen MR) is 126 cm³/mol. The van der Waals surface area contributed by atoms with E-state index in [4.69, 9.17) is 0 Å². The summed E-state index contributed by atoms with van der Waals surface area (Å²) >= 11 is 0. The number of hydrogen-bond acceptors (Lipinski definition) is 2. The second-order valence-corrected chi connectivity index (χ2v) is 9.93. The summed E-state index contributed by atoms with van der Waals surface area (Å²) in [6.07, 6.45) is 7.36. The van der Waals surface area contributed by atoms with E-state index in [1.807, 2.05) is 0 Å². The van der Waals surface area contributed by atoms with E-state index in [9.17, 15) is 26.7 Å². The Morgan fingerprint density at radius 2 is 1.43 bits per heavy atom. The van der Waals surface area contributed by atoms with Gasteiger partial charge in [0.2, 0.25) is 0 Å². The van der Waals surface area contributed by atoms with Crippen molar-refractivity contribution in [1.29, 1.82) is 0 Å². The van der Waals surface area contributed by atoms with Crippen LogP contribution in [0, 0.1) is 47.1 Å². The first-order valence-corrected chi connectivity index (χ1v) is 12.2. The minimum Gasteiger partial charge on any atom is -0.429 e. The Balaban J connectivity index is 0.000000211. The van der Waals surface area contributed by atoms with E-state index in [0.717, 1.165) is 41.7 Å². The Labute approximate surface area is 203 Å². The third-order valence-corrected chi connectivity index (χ3v) is 7.30. The summed E-state index contributed by atoms with van der Waals surface area (Å²) in [5.74, 6) is 4.12. The van der Waals surface area contributed by atoms with Gasteiger partial charge in [-0.3, -0.25) is 4.79 Å². The monoisotopic (exact) mass is 494 g/mol. The molecule has 2 aliphatic carbocycles. The number of rotatable bonds is 3. The third-order valence-electron chi connectivity index (χ3n) is 7.30. The van der Waals surface area contributed by atoms with Gasteiger partial charge in [0.1, 0.15) is 17.4 Å². The average Bonchev–Trinajstić information content (AvgIpc) is 2.80. The molecule has 0 N–H and O–H groups in total. The highest BCUT2D eigenvalue weighted by molar-refractivity contribution is 5.86. The van der Waals surface area contributed by atoms with E-state index in [1.54, 1.807) is 25.7 Å². The summed E-state index contributed by atoms with van der Waals surface area (Å²) in [5, 5.41) is -0.108. The van der Waals surface area contributed by atoms with E-state index in [2.05, 4.69) is 18.6 Å². The Morgan fingerprint density at radius 1 is 0.886 bits per heavy atom. The maximum atomic E-state index is 14.0. The van der Waals surface area contributed by atoms with E-state index >= 15 is 0 Å². The number of fused-ring (bicyclic) bond motifs is 1. The fourth-order valence-electron chi connectivity index (χ4n) is 5.20. The number of alkyl halides is 3. The molecule has 0 heterocycles. The van der Waals surface area contributed by atoms with Gasteiger partial charge in [-0.1, -0.05) is 45.5 Å². The largest absolute Gasteiger partial charge is 0.458 e. The number of benzene rings is 2. The van der Waals surface area contributed by atoms with Crippen molar-refractivity contribution in [3.05, 3.63) is 41.5 Å². The summed E-state index contributed by atoms with van der Waals surface area (Å²) in [4.78, 5) is 10.2. The molecule has 0 amide bonds. The molecule has 35 heavy (non-hydrogen) atoms. The van der Waals surface area contributed by atoms with Gasteiger partial charge in [-0.05, 0) is 79.0 Å². The Kier molecular flexibility index (Phi) is 9.15. The van der Waals surface area contributed by atoms with Crippen molar-refractivity contribution in [3.8, 4) is 17.6 Å². The van der Waals surface area contributed by atoms with Crippen LogP contribution in [0.4, 0.5) is 22.0 Å². The molecule has 0 spiro atoms. The number of ether oxygens (including phenoxy) is 1. The zero-order valence-electron chi connectivity index (χ0n) is 20.1. The summed E-state index contributed by atoms with van der Waals surface area (Å²) < 4.78 is 68.1. The van der Waals surface area contributed by atoms with Gasteiger partial charge in [-0.15, -0.1) is 0 Å². The molecule has 2 aliphatic rings. The molecule has 0 aromatic heterocycles.